The Morgan fingerprint density at radius 1 is 1.41 bits per heavy atom. The van der Waals surface area contributed by atoms with Crippen molar-refractivity contribution >= 4 is 11.7 Å². The maximum Gasteiger partial charge on any atom is 0.244 e. The van der Waals surface area contributed by atoms with E-state index >= 15 is 0 Å². The monoisotopic (exact) mass is 298 g/mol. The van der Waals surface area contributed by atoms with Crippen molar-refractivity contribution in [2.24, 2.45) is 0 Å². The van der Waals surface area contributed by atoms with Crippen LogP contribution >= 0.6 is 0 Å². The van der Waals surface area contributed by atoms with E-state index in [2.05, 4.69) is 11.7 Å². The number of hydrogen-bond donors (Lipinski definition) is 1. The first-order valence-corrected chi connectivity index (χ1v) is 7.24. The van der Waals surface area contributed by atoms with Crippen LogP contribution in [0.25, 0.3) is 0 Å². The van der Waals surface area contributed by atoms with Gasteiger partial charge in [0.1, 0.15) is 12.4 Å². The first kappa shape index (κ1) is 15.8. The third-order valence-electron chi connectivity index (χ3n) is 3.54. The number of rotatable bonds is 6. The van der Waals surface area contributed by atoms with Crippen molar-refractivity contribution in [2.45, 2.75) is 26.9 Å². The molecular weight excluding hydrogens is 276 g/mol. The van der Waals surface area contributed by atoms with E-state index in [4.69, 9.17) is 5.73 Å². The molecule has 1 amide bonds. The van der Waals surface area contributed by atoms with Gasteiger partial charge in [0.15, 0.2) is 0 Å². The summed E-state index contributed by atoms with van der Waals surface area (Å²) in [4.78, 5) is 14.3. The SMILES string of the molecule is C=CCN(Cc1ccccc1C)C(=O)Cn1nc(C)cc1N. The molecule has 0 unspecified atom stereocenters. The Morgan fingerprint density at radius 2 is 2.14 bits per heavy atom. The average molecular weight is 298 g/mol. The van der Waals surface area contributed by atoms with Crippen molar-refractivity contribution in [3.63, 3.8) is 0 Å². The van der Waals surface area contributed by atoms with Gasteiger partial charge in [-0.15, -0.1) is 6.58 Å². The summed E-state index contributed by atoms with van der Waals surface area (Å²) in [6.45, 7) is 8.82. The lowest BCUT2D eigenvalue weighted by Crippen LogP contribution is -2.34. The summed E-state index contributed by atoms with van der Waals surface area (Å²) < 4.78 is 1.53. The highest BCUT2D eigenvalue weighted by molar-refractivity contribution is 5.76. The number of nitrogen functional groups attached to an aromatic ring is 1. The van der Waals surface area contributed by atoms with Crippen LogP contribution in [0.4, 0.5) is 5.82 Å². The van der Waals surface area contributed by atoms with Crippen molar-refractivity contribution in [1.29, 1.82) is 0 Å². The lowest BCUT2D eigenvalue weighted by atomic mass is 10.1. The Bertz CT molecular complexity index is 675. The predicted molar refractivity (Wildman–Crippen MR) is 88.2 cm³/mol. The Morgan fingerprint density at radius 3 is 2.73 bits per heavy atom. The van der Waals surface area contributed by atoms with Gasteiger partial charge in [0.25, 0.3) is 0 Å². The molecule has 22 heavy (non-hydrogen) atoms. The van der Waals surface area contributed by atoms with Crippen LogP contribution in [-0.4, -0.2) is 27.1 Å². The fraction of sp³-hybridized carbons (Fsp3) is 0.294. The molecule has 2 aromatic rings. The Hall–Kier alpha value is -2.56. The molecule has 0 bridgehead atoms. The Kier molecular flexibility index (Phi) is 4.99. The third-order valence-corrected chi connectivity index (χ3v) is 3.54. The average Bonchev–Trinajstić information content (AvgIpc) is 2.78. The van der Waals surface area contributed by atoms with E-state index in [0.29, 0.717) is 18.9 Å². The third kappa shape index (κ3) is 3.75. The fourth-order valence-corrected chi connectivity index (χ4v) is 2.32. The molecule has 0 aliphatic heterocycles. The minimum Gasteiger partial charge on any atom is -0.384 e. The smallest absolute Gasteiger partial charge is 0.244 e. The van der Waals surface area contributed by atoms with Crippen LogP contribution in [-0.2, 0) is 17.9 Å². The molecule has 0 atom stereocenters. The second-order valence-electron chi connectivity index (χ2n) is 5.36. The minimum atomic E-state index is -0.0297. The second-order valence-corrected chi connectivity index (χ2v) is 5.36. The molecule has 116 valence electrons. The Balaban J connectivity index is 2.13. The lowest BCUT2D eigenvalue weighted by molar-refractivity contribution is -0.132. The van der Waals surface area contributed by atoms with Gasteiger partial charge in [0.05, 0.1) is 5.69 Å². The van der Waals surface area contributed by atoms with Gasteiger partial charge in [-0.05, 0) is 25.0 Å². The highest BCUT2D eigenvalue weighted by Gasteiger charge is 2.16. The quantitative estimate of drug-likeness (QED) is 0.832. The van der Waals surface area contributed by atoms with Crippen molar-refractivity contribution in [2.75, 3.05) is 12.3 Å². The van der Waals surface area contributed by atoms with Gasteiger partial charge in [0, 0.05) is 19.2 Å². The standard InChI is InChI=1S/C17H22N4O/c1-4-9-20(11-15-8-6-5-7-13(15)2)17(22)12-21-16(18)10-14(3)19-21/h4-8,10H,1,9,11-12,18H2,2-3H3. The van der Waals surface area contributed by atoms with Crippen molar-refractivity contribution < 1.29 is 4.79 Å². The molecule has 0 aliphatic rings. The van der Waals surface area contributed by atoms with Crippen LogP contribution in [0.15, 0.2) is 43.0 Å². The van der Waals surface area contributed by atoms with E-state index in [-0.39, 0.29) is 12.5 Å². The highest BCUT2D eigenvalue weighted by atomic mass is 16.2. The van der Waals surface area contributed by atoms with E-state index in [1.54, 1.807) is 17.0 Å². The van der Waals surface area contributed by atoms with E-state index < -0.39 is 0 Å². The molecular formula is C17H22N4O. The largest absolute Gasteiger partial charge is 0.384 e. The predicted octanol–water partition coefficient (Wildman–Crippen LogP) is 2.30. The number of carbonyl (C=O) groups is 1. The van der Waals surface area contributed by atoms with Crippen molar-refractivity contribution in [1.82, 2.24) is 14.7 Å². The van der Waals surface area contributed by atoms with Crippen LogP contribution in [0.3, 0.4) is 0 Å². The number of nitrogens with zero attached hydrogens (tertiary/aromatic N) is 3. The summed E-state index contributed by atoms with van der Waals surface area (Å²) in [6.07, 6.45) is 1.73. The van der Waals surface area contributed by atoms with E-state index in [9.17, 15) is 4.79 Å². The van der Waals surface area contributed by atoms with Crippen LogP contribution < -0.4 is 5.73 Å². The first-order chi connectivity index (χ1) is 10.5. The number of carbonyl (C=O) groups excluding carboxylic acids is 1. The maximum atomic E-state index is 12.5. The topological polar surface area (TPSA) is 64.2 Å². The van der Waals surface area contributed by atoms with Gasteiger partial charge < -0.3 is 10.6 Å². The second kappa shape index (κ2) is 6.93. The van der Waals surface area contributed by atoms with Crippen molar-refractivity contribution in [3.8, 4) is 0 Å². The van der Waals surface area contributed by atoms with Crippen LogP contribution in [0.2, 0.25) is 0 Å². The summed E-state index contributed by atoms with van der Waals surface area (Å²) in [5.74, 6) is 0.471. The van der Waals surface area contributed by atoms with Crippen LogP contribution in [0, 0.1) is 13.8 Å². The molecule has 2 rings (SSSR count). The lowest BCUT2D eigenvalue weighted by Gasteiger charge is -2.22. The van der Waals surface area contributed by atoms with Gasteiger partial charge in [-0.1, -0.05) is 30.3 Å². The zero-order valence-corrected chi connectivity index (χ0v) is 13.1. The molecule has 1 aromatic carbocycles. The van der Waals surface area contributed by atoms with Crippen molar-refractivity contribution in [3.05, 3.63) is 59.8 Å². The normalized spacial score (nSPS) is 10.5. The first-order valence-electron chi connectivity index (χ1n) is 7.24. The zero-order chi connectivity index (χ0) is 16.1. The summed E-state index contributed by atoms with van der Waals surface area (Å²) in [5.41, 5.74) is 8.95. The molecule has 1 heterocycles. The molecule has 5 nitrogen and oxygen atoms in total. The number of nitrogens with two attached hydrogens (primary N) is 1. The number of amides is 1. The summed E-state index contributed by atoms with van der Waals surface area (Å²) in [6, 6.07) is 9.80. The van der Waals surface area contributed by atoms with Crippen LogP contribution in [0.1, 0.15) is 16.8 Å². The van der Waals surface area contributed by atoms with Crippen LogP contribution in [0.5, 0.6) is 0 Å². The molecule has 0 spiro atoms. The maximum absolute atomic E-state index is 12.5. The van der Waals surface area contributed by atoms with E-state index in [1.165, 1.54) is 10.2 Å². The minimum absolute atomic E-state index is 0.0297. The fourth-order valence-electron chi connectivity index (χ4n) is 2.32. The molecule has 5 heteroatoms. The zero-order valence-electron chi connectivity index (χ0n) is 13.1. The number of aromatic nitrogens is 2. The highest BCUT2D eigenvalue weighted by Crippen LogP contribution is 2.12. The molecule has 0 saturated carbocycles. The number of benzene rings is 1. The molecule has 2 N–H and O–H groups in total. The molecule has 0 radical (unpaired) electrons. The van der Waals surface area contributed by atoms with Gasteiger partial charge >= 0.3 is 0 Å². The van der Waals surface area contributed by atoms with Gasteiger partial charge in [0.2, 0.25) is 5.91 Å². The molecule has 0 saturated heterocycles. The summed E-state index contributed by atoms with van der Waals surface area (Å²) in [5, 5.41) is 4.24. The summed E-state index contributed by atoms with van der Waals surface area (Å²) >= 11 is 0. The summed E-state index contributed by atoms with van der Waals surface area (Å²) in [7, 11) is 0. The van der Waals surface area contributed by atoms with E-state index in [0.717, 1.165) is 11.3 Å². The molecule has 0 aliphatic carbocycles. The molecule has 1 aromatic heterocycles. The number of anilines is 1. The number of aryl methyl sites for hydroxylation is 2. The molecule has 0 fully saturated rings. The van der Waals surface area contributed by atoms with E-state index in [1.807, 2.05) is 38.1 Å². The van der Waals surface area contributed by atoms with Gasteiger partial charge in [-0.3, -0.25) is 4.79 Å². The van der Waals surface area contributed by atoms with Gasteiger partial charge in [-0.2, -0.15) is 5.10 Å². The number of hydrogen-bond acceptors (Lipinski definition) is 3. The van der Waals surface area contributed by atoms with Gasteiger partial charge in [-0.25, -0.2) is 4.68 Å². The Labute approximate surface area is 131 Å².